The molecule has 0 saturated heterocycles. The van der Waals surface area contributed by atoms with Gasteiger partial charge in [-0.2, -0.15) is 0 Å². The Morgan fingerprint density at radius 3 is 0.778 bits per heavy atom. The molecule has 0 aromatic heterocycles. The zero-order chi connectivity index (χ0) is 26.6. The highest BCUT2D eigenvalue weighted by Crippen LogP contribution is 2.37. The van der Waals surface area contributed by atoms with Crippen LogP contribution in [-0.2, 0) is 4.79 Å². The molecule has 2 N–H and O–H groups in total. The number of rotatable bonds is 30. The molecule has 0 heterocycles. The van der Waals surface area contributed by atoms with Crippen LogP contribution in [0.3, 0.4) is 0 Å². The van der Waals surface area contributed by atoms with Crippen LogP contribution in [0.15, 0.2) is 0 Å². The Kier molecular flexibility index (Phi) is 27.1. The van der Waals surface area contributed by atoms with Crippen molar-refractivity contribution in [3.05, 3.63) is 0 Å². The number of nitrogens with two attached hydrogens (primary N) is 1. The van der Waals surface area contributed by atoms with Gasteiger partial charge in [-0.05, 0) is 19.3 Å². The molecule has 0 aliphatic heterocycles. The second-order valence-corrected chi connectivity index (χ2v) is 12.0. The summed E-state index contributed by atoms with van der Waals surface area (Å²) in [5.41, 5.74) is 5.88. The lowest BCUT2D eigenvalue weighted by Gasteiger charge is -2.31. The Hall–Kier alpha value is -0.530. The minimum absolute atomic E-state index is 0.000638. The summed E-state index contributed by atoms with van der Waals surface area (Å²) >= 11 is 0. The molecule has 36 heavy (non-hydrogen) atoms. The van der Waals surface area contributed by atoms with Crippen molar-refractivity contribution in [2.45, 2.75) is 207 Å². The fraction of sp³-hybridized carbons (Fsp3) is 0.971. The van der Waals surface area contributed by atoms with E-state index in [9.17, 15) is 4.79 Å². The summed E-state index contributed by atoms with van der Waals surface area (Å²) in [6.07, 6.45) is 38.0. The highest BCUT2D eigenvalue weighted by Gasteiger charge is 2.34. The van der Waals surface area contributed by atoms with E-state index in [2.05, 4.69) is 20.8 Å². The Morgan fingerprint density at radius 1 is 0.389 bits per heavy atom. The van der Waals surface area contributed by atoms with Gasteiger partial charge >= 0.3 is 0 Å². The third kappa shape index (κ3) is 21.5. The van der Waals surface area contributed by atoms with Crippen LogP contribution in [0.5, 0.6) is 0 Å². The first-order valence-corrected chi connectivity index (χ1v) is 16.9. The summed E-state index contributed by atoms with van der Waals surface area (Å²) < 4.78 is 0. The summed E-state index contributed by atoms with van der Waals surface area (Å²) in [5, 5.41) is 0. The molecule has 0 atom stereocenters. The summed E-state index contributed by atoms with van der Waals surface area (Å²) in [6.45, 7) is 6.84. The van der Waals surface area contributed by atoms with Crippen LogP contribution in [-0.4, -0.2) is 5.91 Å². The monoisotopic (exact) mass is 508 g/mol. The molecule has 0 radical (unpaired) electrons. The number of hydrogen-bond acceptors (Lipinski definition) is 1. The van der Waals surface area contributed by atoms with Gasteiger partial charge in [0.2, 0.25) is 5.91 Å². The summed E-state index contributed by atoms with van der Waals surface area (Å²) in [7, 11) is 0. The largest absolute Gasteiger partial charge is 0.369 e. The topological polar surface area (TPSA) is 43.1 Å². The van der Waals surface area contributed by atoms with Gasteiger partial charge in [-0.25, -0.2) is 0 Å². The van der Waals surface area contributed by atoms with Crippen molar-refractivity contribution in [2.24, 2.45) is 11.1 Å². The fourth-order valence-electron chi connectivity index (χ4n) is 5.89. The van der Waals surface area contributed by atoms with Crippen LogP contribution in [0.4, 0.5) is 0 Å². The van der Waals surface area contributed by atoms with Crippen molar-refractivity contribution < 1.29 is 4.79 Å². The predicted molar refractivity (Wildman–Crippen MR) is 163 cm³/mol. The van der Waals surface area contributed by atoms with Gasteiger partial charge in [0.05, 0.1) is 0 Å². The number of carbonyl (C=O) groups excluding carboxylic acids is 1. The average Bonchev–Trinajstić information content (AvgIpc) is 2.87. The minimum atomic E-state index is -0.230. The van der Waals surface area contributed by atoms with Gasteiger partial charge in [0.1, 0.15) is 0 Å². The van der Waals surface area contributed by atoms with E-state index in [-0.39, 0.29) is 11.3 Å². The molecule has 1 amide bonds. The van der Waals surface area contributed by atoms with Gasteiger partial charge in [0.15, 0.2) is 0 Å². The van der Waals surface area contributed by atoms with Crippen molar-refractivity contribution in [3.8, 4) is 0 Å². The van der Waals surface area contributed by atoms with Gasteiger partial charge < -0.3 is 5.73 Å². The molecular weight excluding hydrogens is 438 g/mol. The third-order valence-electron chi connectivity index (χ3n) is 8.55. The predicted octanol–water partition coefficient (Wildman–Crippen LogP) is 11.8. The molecule has 2 heteroatoms. The van der Waals surface area contributed by atoms with E-state index in [1.54, 1.807) is 0 Å². The lowest BCUT2D eigenvalue weighted by molar-refractivity contribution is -0.129. The quantitative estimate of drug-likeness (QED) is 0.0965. The van der Waals surface area contributed by atoms with E-state index in [1.165, 1.54) is 167 Å². The van der Waals surface area contributed by atoms with Crippen LogP contribution in [0.1, 0.15) is 207 Å². The van der Waals surface area contributed by atoms with Crippen LogP contribution in [0, 0.1) is 5.41 Å². The Labute approximate surface area is 228 Å². The van der Waals surface area contributed by atoms with Gasteiger partial charge in [0.25, 0.3) is 0 Å². The lowest BCUT2D eigenvalue weighted by atomic mass is 9.73. The molecule has 0 aliphatic rings. The molecule has 0 aromatic rings. The molecule has 0 aliphatic carbocycles. The van der Waals surface area contributed by atoms with E-state index in [1.807, 2.05) is 0 Å². The zero-order valence-electron chi connectivity index (χ0n) is 25.5. The van der Waals surface area contributed by atoms with Gasteiger partial charge in [-0.3, -0.25) is 4.79 Å². The fourth-order valence-corrected chi connectivity index (χ4v) is 5.89. The number of unbranched alkanes of at least 4 members (excludes halogenated alkanes) is 23. The molecule has 0 unspecified atom stereocenters. The first kappa shape index (κ1) is 35.5. The number of hydrogen-bond donors (Lipinski definition) is 1. The molecule has 0 bridgehead atoms. The summed E-state index contributed by atoms with van der Waals surface area (Å²) in [6, 6.07) is 0. The smallest absolute Gasteiger partial charge is 0.223 e. The minimum Gasteiger partial charge on any atom is -0.369 e. The molecule has 0 rings (SSSR count). The van der Waals surface area contributed by atoms with Gasteiger partial charge in [0, 0.05) is 5.41 Å². The lowest BCUT2D eigenvalue weighted by Crippen LogP contribution is -2.37. The van der Waals surface area contributed by atoms with Crippen molar-refractivity contribution in [3.63, 3.8) is 0 Å². The Bertz CT molecular complexity index is 430. The molecule has 0 aromatic carbocycles. The number of amides is 1. The van der Waals surface area contributed by atoms with E-state index in [4.69, 9.17) is 5.73 Å². The Balaban J connectivity index is 4.18. The summed E-state index contributed by atoms with van der Waals surface area (Å²) in [4.78, 5) is 12.7. The van der Waals surface area contributed by atoms with Crippen LogP contribution in [0.25, 0.3) is 0 Å². The van der Waals surface area contributed by atoms with E-state index in [0.717, 1.165) is 19.3 Å². The number of primary amides is 1. The molecule has 0 saturated carbocycles. The first-order valence-electron chi connectivity index (χ1n) is 16.9. The zero-order valence-corrected chi connectivity index (χ0v) is 25.5. The molecule has 2 nitrogen and oxygen atoms in total. The standard InChI is InChI=1S/C34H69NO/c1-4-7-10-13-16-17-18-19-20-21-22-23-26-29-32-34(33(35)36,30-27-24-14-11-8-5-2)31-28-25-15-12-9-6-3/h4-32H2,1-3H3,(H2,35,36). The van der Waals surface area contributed by atoms with E-state index < -0.39 is 0 Å². The van der Waals surface area contributed by atoms with Crippen molar-refractivity contribution >= 4 is 5.91 Å². The molecule has 0 fully saturated rings. The maximum Gasteiger partial charge on any atom is 0.223 e. The second kappa shape index (κ2) is 27.5. The molecular formula is C34H69NO. The van der Waals surface area contributed by atoms with Gasteiger partial charge in [-0.1, -0.05) is 188 Å². The van der Waals surface area contributed by atoms with Crippen LogP contribution >= 0.6 is 0 Å². The maximum absolute atomic E-state index is 12.7. The highest BCUT2D eigenvalue weighted by molar-refractivity contribution is 5.80. The molecule has 216 valence electrons. The SMILES string of the molecule is CCCCCCCCCCCCCCCCC(CCCCCCCC)(CCCCCCCC)C(N)=O. The van der Waals surface area contributed by atoms with Crippen molar-refractivity contribution in [1.82, 2.24) is 0 Å². The van der Waals surface area contributed by atoms with E-state index >= 15 is 0 Å². The van der Waals surface area contributed by atoms with E-state index in [0.29, 0.717) is 0 Å². The van der Waals surface area contributed by atoms with Crippen molar-refractivity contribution in [1.29, 1.82) is 0 Å². The Morgan fingerprint density at radius 2 is 0.583 bits per heavy atom. The normalized spacial score (nSPS) is 11.9. The molecule has 0 spiro atoms. The first-order chi connectivity index (χ1) is 17.6. The highest BCUT2D eigenvalue weighted by atomic mass is 16.1. The van der Waals surface area contributed by atoms with Crippen LogP contribution in [0.2, 0.25) is 0 Å². The van der Waals surface area contributed by atoms with Crippen molar-refractivity contribution in [2.75, 3.05) is 0 Å². The second-order valence-electron chi connectivity index (χ2n) is 12.0. The maximum atomic E-state index is 12.7. The van der Waals surface area contributed by atoms with Gasteiger partial charge in [-0.15, -0.1) is 0 Å². The third-order valence-corrected chi connectivity index (χ3v) is 8.55. The summed E-state index contributed by atoms with van der Waals surface area (Å²) in [5.74, 6) is -0.000638. The van der Waals surface area contributed by atoms with Crippen LogP contribution < -0.4 is 5.73 Å². The average molecular weight is 508 g/mol. The number of carbonyl (C=O) groups is 1.